The van der Waals surface area contributed by atoms with Crippen LogP contribution >= 0.6 is 0 Å². The van der Waals surface area contributed by atoms with Gasteiger partial charge in [-0.3, -0.25) is 4.90 Å². The van der Waals surface area contributed by atoms with Crippen LogP contribution in [0.4, 0.5) is 19.0 Å². The van der Waals surface area contributed by atoms with Crippen molar-refractivity contribution >= 4 is 27.5 Å². The summed E-state index contributed by atoms with van der Waals surface area (Å²) in [6.07, 6.45) is 3.71. The molecule has 3 saturated heterocycles. The van der Waals surface area contributed by atoms with Crippen LogP contribution in [-0.4, -0.2) is 103 Å². The van der Waals surface area contributed by atoms with Gasteiger partial charge in [0.1, 0.15) is 40.2 Å². The van der Waals surface area contributed by atoms with E-state index in [9.17, 15) is 13.9 Å². The largest absolute Gasteiger partial charge is 0.508 e. The average Bonchev–Trinajstić information content (AvgIpc) is 3.51. The van der Waals surface area contributed by atoms with E-state index < -0.39 is 17.8 Å². The molecule has 234 valence electrons. The first kappa shape index (κ1) is 30.1. The van der Waals surface area contributed by atoms with Gasteiger partial charge in [-0.05, 0) is 69.4 Å². The summed E-state index contributed by atoms with van der Waals surface area (Å²) in [5, 5.41) is 11.1. The van der Waals surface area contributed by atoms with E-state index in [1.807, 2.05) is 4.90 Å². The number of aromatic nitrogens is 3. The molecule has 0 saturated carbocycles. The van der Waals surface area contributed by atoms with E-state index in [1.165, 1.54) is 51.3 Å². The second-order valence-corrected chi connectivity index (χ2v) is 11.6. The standard InChI is InChI=1S/C25H25F2N5O3.C7H12FN/c1-31-8-5-9-32(11-10-31)23-19-22(29-25(30-23)35-3)20(27)21(28-24(19)34-2)16-13-15(33)12-14-6-4-7-17(26)18(14)16;8-6-4-7-2-1-3-9(7)5-6/h4,6-7,12-13,33H,5,8-11H2,1-3H3;6-7H,1-5H2. The lowest BCUT2D eigenvalue weighted by molar-refractivity contribution is 0.292. The Balaban J connectivity index is 0.000000323. The molecule has 1 N–H and O–H groups in total. The quantitative estimate of drug-likeness (QED) is 0.336. The lowest BCUT2D eigenvalue weighted by Gasteiger charge is -2.24. The molecule has 0 amide bonds. The Morgan fingerprint density at radius 3 is 2.55 bits per heavy atom. The highest BCUT2D eigenvalue weighted by atomic mass is 19.1. The van der Waals surface area contributed by atoms with Crippen molar-refractivity contribution in [3.8, 4) is 28.9 Å². The van der Waals surface area contributed by atoms with Crippen molar-refractivity contribution < 1.29 is 27.8 Å². The number of phenols is 1. The highest BCUT2D eigenvalue weighted by Gasteiger charge is 2.34. The summed E-state index contributed by atoms with van der Waals surface area (Å²) in [4.78, 5) is 19.8. The van der Waals surface area contributed by atoms with E-state index >= 15 is 4.39 Å². The Hall–Kier alpha value is -3.90. The van der Waals surface area contributed by atoms with E-state index in [4.69, 9.17) is 9.47 Å². The molecule has 2 atom stereocenters. The molecule has 3 fully saturated rings. The number of hydrogen-bond donors (Lipinski definition) is 1. The van der Waals surface area contributed by atoms with Crippen molar-refractivity contribution in [1.82, 2.24) is 24.8 Å². The number of nitrogens with zero attached hydrogens (tertiary/aromatic N) is 6. The molecule has 0 aliphatic carbocycles. The van der Waals surface area contributed by atoms with Crippen LogP contribution in [0.3, 0.4) is 0 Å². The minimum absolute atomic E-state index is 0.00449. The highest BCUT2D eigenvalue weighted by molar-refractivity contribution is 6.02. The third-order valence-electron chi connectivity index (χ3n) is 8.73. The van der Waals surface area contributed by atoms with Crippen LogP contribution in [0.25, 0.3) is 32.9 Å². The Morgan fingerprint density at radius 2 is 1.77 bits per heavy atom. The number of methoxy groups -OCH3 is 2. The third kappa shape index (κ3) is 5.80. The first-order chi connectivity index (χ1) is 21.3. The van der Waals surface area contributed by atoms with Gasteiger partial charge >= 0.3 is 6.01 Å². The number of rotatable bonds is 4. The van der Waals surface area contributed by atoms with Gasteiger partial charge in [0, 0.05) is 43.2 Å². The van der Waals surface area contributed by atoms with Gasteiger partial charge in [0.05, 0.1) is 14.2 Å². The number of likely N-dealkylation sites (N-methyl/N-ethyl adjacent to an activating group) is 1. The van der Waals surface area contributed by atoms with Crippen LogP contribution in [0.5, 0.6) is 17.6 Å². The number of hydrogen-bond acceptors (Lipinski definition) is 9. The number of fused-ring (bicyclic) bond motifs is 3. The zero-order valence-electron chi connectivity index (χ0n) is 25.2. The molecule has 9 nitrogen and oxygen atoms in total. The number of halogens is 3. The summed E-state index contributed by atoms with van der Waals surface area (Å²) in [7, 11) is 4.89. The number of phenolic OH excluding ortho intramolecular Hbond substituents is 1. The molecular formula is C32H37F3N6O3. The fraction of sp³-hybridized carbons (Fsp3) is 0.469. The Morgan fingerprint density at radius 1 is 0.932 bits per heavy atom. The van der Waals surface area contributed by atoms with Gasteiger partial charge in [-0.2, -0.15) is 9.97 Å². The van der Waals surface area contributed by atoms with Gasteiger partial charge in [-0.1, -0.05) is 12.1 Å². The van der Waals surface area contributed by atoms with Crippen LogP contribution in [0.2, 0.25) is 0 Å². The molecule has 2 unspecified atom stereocenters. The minimum atomic E-state index is -0.787. The molecule has 0 spiro atoms. The van der Waals surface area contributed by atoms with Gasteiger partial charge in [-0.25, -0.2) is 18.2 Å². The number of benzene rings is 2. The maximum atomic E-state index is 16.2. The summed E-state index contributed by atoms with van der Waals surface area (Å²) in [5.41, 5.74) is -0.159. The van der Waals surface area contributed by atoms with Gasteiger partial charge in [0.2, 0.25) is 5.88 Å². The summed E-state index contributed by atoms with van der Waals surface area (Å²) in [6.45, 7) is 4.96. The van der Waals surface area contributed by atoms with Gasteiger partial charge in [0.25, 0.3) is 0 Å². The Labute approximate surface area is 254 Å². The lowest BCUT2D eigenvalue weighted by atomic mass is 9.99. The third-order valence-corrected chi connectivity index (χ3v) is 8.73. The van der Waals surface area contributed by atoms with Crippen molar-refractivity contribution in [3.63, 3.8) is 0 Å². The fourth-order valence-electron chi connectivity index (χ4n) is 6.59. The number of alkyl halides is 1. The zero-order chi connectivity index (χ0) is 31.0. The zero-order valence-corrected chi connectivity index (χ0v) is 25.2. The predicted molar refractivity (Wildman–Crippen MR) is 163 cm³/mol. The normalized spacial score (nSPS) is 20.8. The van der Waals surface area contributed by atoms with E-state index in [1.54, 1.807) is 6.07 Å². The van der Waals surface area contributed by atoms with E-state index in [-0.39, 0.29) is 39.8 Å². The molecule has 0 radical (unpaired) electrons. The second kappa shape index (κ2) is 12.6. The van der Waals surface area contributed by atoms with Crippen LogP contribution in [-0.2, 0) is 0 Å². The van der Waals surface area contributed by atoms with E-state index in [0.717, 1.165) is 32.5 Å². The molecule has 4 aromatic rings. The summed E-state index contributed by atoms with van der Waals surface area (Å²) >= 11 is 0. The lowest BCUT2D eigenvalue weighted by Crippen LogP contribution is -2.30. The summed E-state index contributed by atoms with van der Waals surface area (Å²) < 4.78 is 54.5. The first-order valence-corrected chi connectivity index (χ1v) is 15.0. The average molecular weight is 611 g/mol. The molecule has 12 heteroatoms. The molecule has 2 aromatic heterocycles. The topological polar surface area (TPSA) is 87.1 Å². The Bertz CT molecular complexity index is 1660. The van der Waals surface area contributed by atoms with Gasteiger partial charge in [0.15, 0.2) is 5.82 Å². The van der Waals surface area contributed by atoms with Gasteiger partial charge in [-0.15, -0.1) is 0 Å². The van der Waals surface area contributed by atoms with Crippen LogP contribution < -0.4 is 14.4 Å². The minimum Gasteiger partial charge on any atom is -0.508 e. The molecular weight excluding hydrogens is 573 g/mol. The SMILES string of the molecule is COc1nc(N2CCCN(C)CC2)c2c(OC)nc(-c3cc(O)cc4cccc(F)c34)c(F)c2n1.FC1CC2CCCN2C1. The second-order valence-electron chi connectivity index (χ2n) is 11.6. The monoisotopic (exact) mass is 610 g/mol. The molecule has 7 rings (SSSR count). The molecule has 5 heterocycles. The van der Waals surface area contributed by atoms with E-state index in [2.05, 4.69) is 31.8 Å². The Kier molecular flexibility index (Phi) is 8.64. The smallest absolute Gasteiger partial charge is 0.318 e. The van der Waals surface area contributed by atoms with Crippen LogP contribution in [0, 0.1) is 11.6 Å². The first-order valence-electron chi connectivity index (χ1n) is 15.0. The van der Waals surface area contributed by atoms with Crippen molar-refractivity contribution in [2.45, 2.75) is 37.9 Å². The fourth-order valence-corrected chi connectivity index (χ4v) is 6.59. The number of aromatic hydroxyl groups is 1. The summed E-state index contributed by atoms with van der Waals surface area (Å²) in [5.74, 6) is -0.936. The van der Waals surface area contributed by atoms with Crippen molar-refractivity contribution in [2.75, 3.05) is 65.4 Å². The maximum absolute atomic E-state index is 16.2. The molecule has 2 aromatic carbocycles. The number of pyridine rings is 1. The number of ether oxygens (including phenoxy) is 2. The van der Waals surface area contributed by atoms with Crippen molar-refractivity contribution in [1.29, 1.82) is 0 Å². The number of anilines is 1. The maximum Gasteiger partial charge on any atom is 0.318 e. The van der Waals surface area contributed by atoms with Crippen LogP contribution in [0.15, 0.2) is 30.3 Å². The molecule has 0 bridgehead atoms. The molecule has 44 heavy (non-hydrogen) atoms. The van der Waals surface area contributed by atoms with Crippen molar-refractivity contribution in [2.24, 2.45) is 0 Å². The van der Waals surface area contributed by atoms with Crippen LogP contribution in [0.1, 0.15) is 25.7 Å². The highest BCUT2D eigenvalue weighted by Crippen LogP contribution is 2.41. The predicted octanol–water partition coefficient (Wildman–Crippen LogP) is 5.18. The van der Waals surface area contributed by atoms with Gasteiger partial charge < -0.3 is 24.4 Å². The van der Waals surface area contributed by atoms with Crippen molar-refractivity contribution in [3.05, 3.63) is 42.0 Å². The molecule has 3 aliphatic heterocycles. The van der Waals surface area contributed by atoms with E-state index in [0.29, 0.717) is 42.3 Å². The summed E-state index contributed by atoms with van der Waals surface area (Å²) in [6, 6.07) is 7.74. The molecule has 3 aliphatic rings.